The number of nitrogens with one attached hydrogen (secondary N) is 6. The summed E-state index contributed by atoms with van der Waals surface area (Å²) in [6.07, 6.45) is 21.5. The Hall–Kier alpha value is -3.28. The molecule has 4 amide bonds. The fourth-order valence-electron chi connectivity index (χ4n) is 6.84. The molecule has 0 heterocycles. The Kier molecular flexibility index (Phi) is 42.2. The van der Waals surface area contributed by atoms with Gasteiger partial charge in [0, 0.05) is 38.9 Å². The molecule has 0 radical (unpaired) electrons. The average Bonchev–Trinajstić information content (AvgIpc) is 3.24. The molecule has 0 aromatic rings. The highest BCUT2D eigenvalue weighted by Crippen LogP contribution is 2.14. The molecular weight excluding hydrogens is 815 g/mol. The maximum Gasteiger partial charge on any atom is 0.326 e. The number of amides is 4. The zero-order valence-electron chi connectivity index (χ0n) is 38.8. The average molecular weight is 902 g/mol. The maximum absolute atomic E-state index is 12.5. The van der Waals surface area contributed by atoms with Crippen molar-refractivity contribution in [1.29, 1.82) is 0 Å². The van der Waals surface area contributed by atoms with E-state index >= 15 is 0 Å². The molecule has 0 spiro atoms. The molecule has 362 valence electrons. The van der Waals surface area contributed by atoms with Crippen LogP contribution in [0, 0.1) is 0 Å². The summed E-state index contributed by atoms with van der Waals surface area (Å²) in [5.74, 6) is -2.84. The second-order valence-corrected chi connectivity index (χ2v) is 16.3. The van der Waals surface area contributed by atoms with Gasteiger partial charge in [-0.25, -0.2) is 4.79 Å². The van der Waals surface area contributed by atoms with Crippen LogP contribution in [0.1, 0.15) is 187 Å². The van der Waals surface area contributed by atoms with E-state index in [2.05, 4.69) is 44.5 Å². The Morgan fingerprint density at radius 1 is 0.468 bits per heavy atom. The van der Waals surface area contributed by atoms with Crippen LogP contribution in [0.3, 0.4) is 0 Å². The predicted octanol–water partition coefficient (Wildman–Crippen LogP) is 5.51. The number of rotatable bonds is 42. The molecule has 0 aromatic carbocycles. The third kappa shape index (κ3) is 37.3. The van der Waals surface area contributed by atoms with E-state index in [0.717, 1.165) is 57.8 Å². The van der Waals surface area contributed by atoms with Crippen LogP contribution in [0.5, 0.6) is 0 Å². The van der Waals surface area contributed by atoms with Gasteiger partial charge in [-0.2, -0.15) is 0 Å². The van der Waals surface area contributed by atoms with Crippen molar-refractivity contribution in [3.8, 4) is 0 Å². The van der Waals surface area contributed by atoms with Gasteiger partial charge in [-0.15, -0.1) is 12.6 Å². The highest BCUT2D eigenvalue weighted by molar-refractivity contribution is 7.96. The molecule has 10 N–H and O–H groups in total. The highest BCUT2D eigenvalue weighted by Gasteiger charge is 2.21. The highest BCUT2D eigenvalue weighted by atomic mass is 32.1. The van der Waals surface area contributed by atoms with Gasteiger partial charge in [-0.05, 0) is 91.1 Å². The lowest BCUT2D eigenvalue weighted by Crippen LogP contribution is -2.43. The molecule has 17 heteroatoms. The van der Waals surface area contributed by atoms with Crippen molar-refractivity contribution in [3.05, 3.63) is 0 Å². The summed E-state index contributed by atoms with van der Waals surface area (Å²) in [5.41, 5.74) is 6.05. The van der Waals surface area contributed by atoms with Crippen LogP contribution >= 0.6 is 12.6 Å². The normalized spacial score (nSPS) is 12.8. The third-order valence-electron chi connectivity index (χ3n) is 10.7. The Labute approximate surface area is 378 Å². The maximum atomic E-state index is 12.5. The molecule has 0 aliphatic heterocycles. The minimum absolute atomic E-state index is 0.00657. The number of hydrogen-bond donors (Lipinski definition) is 10. The summed E-state index contributed by atoms with van der Waals surface area (Å²) in [6, 6.07) is -2.43. The zero-order chi connectivity index (χ0) is 46.8. The molecule has 3 unspecified atom stereocenters. The van der Waals surface area contributed by atoms with Crippen LogP contribution in [0.2, 0.25) is 0 Å². The SMILES string of the molecule is CC.CNC(CCCCNC(=O)C(CCCCNC(=O)[C@@H](N)CCCCNC(=O)CCC(NC(=O)CCCCCCCCCCCCCCCCC(=O)O)C(=O)O)NC)C(=O)S. The molecule has 0 fully saturated rings. The largest absolute Gasteiger partial charge is 0.481 e. The van der Waals surface area contributed by atoms with E-state index < -0.39 is 24.0 Å². The van der Waals surface area contributed by atoms with Crippen molar-refractivity contribution in [2.24, 2.45) is 5.73 Å². The molecule has 16 nitrogen and oxygen atoms in total. The number of carbonyl (C=O) groups is 7. The first-order chi connectivity index (χ1) is 29.8. The molecule has 0 saturated carbocycles. The van der Waals surface area contributed by atoms with Gasteiger partial charge in [0.05, 0.1) is 18.1 Å². The number of thiol groups is 1. The summed E-state index contributed by atoms with van der Waals surface area (Å²) in [6.45, 7) is 5.33. The molecule has 62 heavy (non-hydrogen) atoms. The van der Waals surface area contributed by atoms with Crippen LogP contribution in [0.4, 0.5) is 0 Å². The van der Waals surface area contributed by atoms with Gasteiger partial charge >= 0.3 is 11.9 Å². The zero-order valence-corrected chi connectivity index (χ0v) is 39.7. The Balaban J connectivity index is 0. The van der Waals surface area contributed by atoms with Gasteiger partial charge in [0.2, 0.25) is 28.7 Å². The predicted molar refractivity (Wildman–Crippen MR) is 250 cm³/mol. The quantitative estimate of drug-likeness (QED) is 0.0269. The minimum atomic E-state index is -1.17. The van der Waals surface area contributed by atoms with Crippen molar-refractivity contribution in [3.63, 3.8) is 0 Å². The van der Waals surface area contributed by atoms with Gasteiger partial charge in [0.25, 0.3) is 0 Å². The van der Waals surface area contributed by atoms with Crippen LogP contribution in [0.15, 0.2) is 0 Å². The van der Waals surface area contributed by atoms with Gasteiger partial charge in [-0.1, -0.05) is 90.9 Å². The smallest absolute Gasteiger partial charge is 0.326 e. The first-order valence-corrected chi connectivity index (χ1v) is 24.2. The monoisotopic (exact) mass is 902 g/mol. The summed E-state index contributed by atoms with van der Waals surface area (Å²) in [4.78, 5) is 83.2. The molecule has 4 atom stereocenters. The van der Waals surface area contributed by atoms with E-state index in [1.54, 1.807) is 14.1 Å². The summed E-state index contributed by atoms with van der Waals surface area (Å²) < 4.78 is 0. The number of carboxylic acid groups (broad SMARTS) is 2. The van der Waals surface area contributed by atoms with Gasteiger partial charge < -0.3 is 47.8 Å². The minimum Gasteiger partial charge on any atom is -0.481 e. The Bertz CT molecular complexity index is 1210. The van der Waals surface area contributed by atoms with E-state index in [4.69, 9.17) is 10.8 Å². The second kappa shape index (κ2) is 43.0. The third-order valence-corrected chi connectivity index (χ3v) is 11.0. The standard InChI is InChI=1S/C43H81N7O9S.C2H6/c1-45-34(41(56)49-32-22-19-25-36(46-2)43(59)60)24-18-21-31-48-40(55)33(44)23-17-20-30-47-37(51)29-28-35(42(57)58)50-38(52)26-15-13-11-9-7-5-3-4-6-8-10-12-14-16-27-39(53)54;1-2/h33-36,45-46H,3-32,44H2,1-2H3,(H,47,51)(H,48,55)(H,49,56)(H,50,52)(H,53,54)(H,57,58)(H,59,60);1-2H3/t33-,34?,35?,36?;/m0./s1. The number of likely N-dealkylation sites (N-methyl/N-ethyl adjacent to an activating group) is 2. The van der Waals surface area contributed by atoms with Crippen molar-refractivity contribution in [2.45, 2.75) is 211 Å². The van der Waals surface area contributed by atoms with E-state index in [9.17, 15) is 38.7 Å². The summed E-state index contributed by atoms with van der Waals surface area (Å²) in [5, 5.41) is 35.1. The fraction of sp³-hybridized carbons (Fsp3) is 0.844. The van der Waals surface area contributed by atoms with E-state index in [1.165, 1.54) is 44.9 Å². The van der Waals surface area contributed by atoms with Crippen LogP contribution in [-0.2, 0) is 33.6 Å². The first-order valence-electron chi connectivity index (χ1n) is 23.7. The summed E-state index contributed by atoms with van der Waals surface area (Å²) in [7, 11) is 3.46. The Morgan fingerprint density at radius 2 is 0.887 bits per heavy atom. The number of unbranched alkanes of at least 4 members (excludes halogenated alkanes) is 16. The Morgan fingerprint density at radius 3 is 1.34 bits per heavy atom. The van der Waals surface area contributed by atoms with Gasteiger partial charge in [-0.3, -0.25) is 28.8 Å². The van der Waals surface area contributed by atoms with Crippen molar-refractivity contribution >= 4 is 53.3 Å². The van der Waals surface area contributed by atoms with E-state index in [0.29, 0.717) is 64.6 Å². The van der Waals surface area contributed by atoms with Crippen molar-refractivity contribution in [2.75, 3.05) is 33.7 Å². The van der Waals surface area contributed by atoms with Crippen LogP contribution < -0.4 is 37.6 Å². The molecule has 0 rings (SSSR count). The number of aliphatic carboxylic acids is 2. The number of carbonyl (C=O) groups excluding carboxylic acids is 5. The molecule has 0 aliphatic rings. The lowest BCUT2D eigenvalue weighted by molar-refractivity contribution is -0.142. The van der Waals surface area contributed by atoms with Gasteiger partial charge in [0.1, 0.15) is 6.04 Å². The van der Waals surface area contributed by atoms with Crippen LogP contribution in [-0.4, -0.2) is 109 Å². The van der Waals surface area contributed by atoms with Gasteiger partial charge in [0.15, 0.2) is 0 Å². The van der Waals surface area contributed by atoms with Crippen molar-refractivity contribution < 1.29 is 43.8 Å². The van der Waals surface area contributed by atoms with Crippen molar-refractivity contribution in [1.82, 2.24) is 31.9 Å². The number of carboxylic acids is 2. The fourth-order valence-corrected chi connectivity index (χ4v) is 7.10. The molecule has 0 bridgehead atoms. The molecule has 0 aliphatic carbocycles. The number of hydrogen-bond acceptors (Lipinski definition) is 10. The lowest BCUT2D eigenvalue weighted by Gasteiger charge is -2.17. The summed E-state index contributed by atoms with van der Waals surface area (Å²) >= 11 is 3.86. The molecule has 0 aromatic heterocycles. The second-order valence-electron chi connectivity index (χ2n) is 15.9. The molecule has 0 saturated heterocycles. The molecular formula is C45H87N7O9S. The lowest BCUT2D eigenvalue weighted by atomic mass is 10.0. The van der Waals surface area contributed by atoms with E-state index in [-0.39, 0.29) is 66.5 Å². The topological polar surface area (TPSA) is 258 Å². The number of nitrogens with two attached hydrogens (primary N) is 1. The van der Waals surface area contributed by atoms with E-state index in [1.807, 2.05) is 13.8 Å². The van der Waals surface area contributed by atoms with Crippen LogP contribution in [0.25, 0.3) is 0 Å². The first kappa shape index (κ1) is 60.8.